The zero-order chi connectivity index (χ0) is 15.9. The Labute approximate surface area is 127 Å². The number of rotatable bonds is 2. The number of pyridine rings is 2. The summed E-state index contributed by atoms with van der Waals surface area (Å²) >= 11 is 0. The van der Waals surface area contributed by atoms with Gasteiger partial charge < -0.3 is 10.8 Å². The Morgan fingerprint density at radius 2 is 1.73 bits per heavy atom. The second kappa shape index (κ2) is 5.26. The van der Waals surface area contributed by atoms with Gasteiger partial charge in [0.25, 0.3) is 0 Å². The molecule has 2 heterocycles. The van der Waals surface area contributed by atoms with E-state index in [0.29, 0.717) is 16.8 Å². The first-order chi connectivity index (χ1) is 10.5. The number of halogens is 1. The summed E-state index contributed by atoms with van der Waals surface area (Å²) in [5, 5.41) is 10.7. The van der Waals surface area contributed by atoms with Crippen LogP contribution < -0.4 is 5.73 Å². The third kappa shape index (κ3) is 2.45. The van der Waals surface area contributed by atoms with Crippen LogP contribution in [-0.4, -0.2) is 15.1 Å². The maximum atomic E-state index is 13.8. The van der Waals surface area contributed by atoms with Crippen molar-refractivity contribution in [3.05, 3.63) is 48.2 Å². The molecule has 0 aliphatic carbocycles. The van der Waals surface area contributed by atoms with Crippen LogP contribution in [0.3, 0.4) is 0 Å². The van der Waals surface area contributed by atoms with Crippen LogP contribution in [0.1, 0.15) is 25.5 Å². The summed E-state index contributed by atoms with van der Waals surface area (Å²) in [7, 11) is 0. The Kier molecular flexibility index (Phi) is 3.41. The fourth-order valence-corrected chi connectivity index (χ4v) is 2.45. The molecule has 112 valence electrons. The minimum Gasteiger partial charge on any atom is -0.506 e. The molecule has 0 saturated carbocycles. The van der Waals surface area contributed by atoms with Crippen molar-refractivity contribution in [1.29, 1.82) is 0 Å². The predicted octanol–water partition coefficient (Wildman–Crippen LogP) is 3.85. The molecule has 0 atom stereocenters. The largest absolute Gasteiger partial charge is 0.506 e. The molecule has 4 nitrogen and oxygen atoms in total. The number of hydrogen-bond acceptors (Lipinski definition) is 4. The summed E-state index contributed by atoms with van der Waals surface area (Å²) in [6.07, 6.45) is 3.24. The van der Waals surface area contributed by atoms with Crippen LogP contribution in [0.2, 0.25) is 0 Å². The van der Waals surface area contributed by atoms with E-state index in [-0.39, 0.29) is 17.2 Å². The molecule has 22 heavy (non-hydrogen) atoms. The lowest BCUT2D eigenvalue weighted by atomic mass is 10.0. The Morgan fingerprint density at radius 1 is 1.05 bits per heavy atom. The van der Waals surface area contributed by atoms with E-state index in [1.807, 2.05) is 13.8 Å². The lowest BCUT2D eigenvalue weighted by molar-refractivity contribution is 0.460. The van der Waals surface area contributed by atoms with Crippen molar-refractivity contribution in [3.63, 3.8) is 0 Å². The molecule has 3 rings (SSSR count). The summed E-state index contributed by atoms with van der Waals surface area (Å²) in [5.74, 6) is -0.165. The number of hydrogen-bond donors (Lipinski definition) is 2. The predicted molar refractivity (Wildman–Crippen MR) is 85.1 cm³/mol. The molecule has 0 aliphatic rings. The van der Waals surface area contributed by atoms with Gasteiger partial charge in [-0.05, 0) is 30.2 Å². The highest BCUT2D eigenvalue weighted by Crippen LogP contribution is 2.30. The van der Waals surface area contributed by atoms with Crippen LogP contribution >= 0.6 is 0 Å². The van der Waals surface area contributed by atoms with Gasteiger partial charge in [0.05, 0.1) is 5.69 Å². The molecule has 0 amide bonds. The number of nitrogen functional groups attached to an aromatic ring is 1. The topological polar surface area (TPSA) is 72.0 Å². The van der Waals surface area contributed by atoms with Gasteiger partial charge in [0.1, 0.15) is 11.3 Å². The van der Waals surface area contributed by atoms with Gasteiger partial charge in [0.15, 0.2) is 5.82 Å². The Balaban J connectivity index is 2.12. The molecule has 0 saturated heterocycles. The zero-order valence-corrected chi connectivity index (χ0v) is 12.3. The molecule has 0 fully saturated rings. The Morgan fingerprint density at radius 3 is 2.41 bits per heavy atom. The van der Waals surface area contributed by atoms with E-state index in [9.17, 15) is 9.50 Å². The highest BCUT2D eigenvalue weighted by atomic mass is 19.1. The zero-order valence-electron chi connectivity index (χ0n) is 12.3. The summed E-state index contributed by atoms with van der Waals surface area (Å²) in [6, 6.07) is 6.35. The van der Waals surface area contributed by atoms with Gasteiger partial charge >= 0.3 is 0 Å². The van der Waals surface area contributed by atoms with Crippen molar-refractivity contribution in [2.45, 2.75) is 19.8 Å². The molecule has 5 heteroatoms. The molecule has 0 bridgehead atoms. The highest BCUT2D eigenvalue weighted by Gasteiger charge is 2.11. The van der Waals surface area contributed by atoms with E-state index in [4.69, 9.17) is 5.73 Å². The van der Waals surface area contributed by atoms with Crippen molar-refractivity contribution in [2.75, 3.05) is 5.73 Å². The lowest BCUT2D eigenvalue weighted by Gasteiger charge is -2.10. The molecule has 2 aromatic heterocycles. The first-order valence-corrected chi connectivity index (χ1v) is 7.00. The van der Waals surface area contributed by atoms with Crippen LogP contribution in [0, 0.1) is 5.82 Å². The number of benzene rings is 1. The van der Waals surface area contributed by atoms with Crippen molar-refractivity contribution in [3.8, 4) is 16.9 Å². The van der Waals surface area contributed by atoms with E-state index in [1.54, 1.807) is 30.6 Å². The number of aromatic nitrogens is 2. The molecule has 0 radical (unpaired) electrons. The number of nitrogens with zero attached hydrogens (tertiary/aromatic N) is 2. The number of nitrogens with two attached hydrogens (primary N) is 1. The fourth-order valence-electron chi connectivity index (χ4n) is 2.45. The SMILES string of the molecule is CC(C)c1ncc(-c2cnc3c(F)cc(N)cc3c2)cc1O. The maximum absolute atomic E-state index is 13.8. The molecule has 0 spiro atoms. The molecule has 1 aromatic carbocycles. The van der Waals surface area contributed by atoms with Gasteiger partial charge in [-0.1, -0.05) is 13.8 Å². The number of anilines is 1. The summed E-state index contributed by atoms with van der Waals surface area (Å²) in [5.41, 5.74) is 8.40. The van der Waals surface area contributed by atoms with Crippen LogP contribution in [0.5, 0.6) is 5.75 Å². The molecule has 0 unspecified atom stereocenters. The normalized spacial score (nSPS) is 11.3. The lowest BCUT2D eigenvalue weighted by Crippen LogP contribution is -1.94. The van der Waals surface area contributed by atoms with Crippen LogP contribution in [-0.2, 0) is 0 Å². The minimum atomic E-state index is -0.447. The number of fused-ring (bicyclic) bond motifs is 1. The van der Waals surface area contributed by atoms with E-state index >= 15 is 0 Å². The summed E-state index contributed by atoms with van der Waals surface area (Å²) in [6.45, 7) is 3.93. The Hall–Kier alpha value is -2.69. The summed E-state index contributed by atoms with van der Waals surface area (Å²) in [4.78, 5) is 8.44. The van der Waals surface area contributed by atoms with Gasteiger partial charge in [-0.3, -0.25) is 9.97 Å². The van der Waals surface area contributed by atoms with Gasteiger partial charge in [0.2, 0.25) is 0 Å². The van der Waals surface area contributed by atoms with Crippen LogP contribution in [0.4, 0.5) is 10.1 Å². The molecule has 0 aliphatic heterocycles. The van der Waals surface area contributed by atoms with Crippen LogP contribution in [0.25, 0.3) is 22.0 Å². The monoisotopic (exact) mass is 297 g/mol. The third-order valence-corrected chi connectivity index (χ3v) is 3.54. The van der Waals surface area contributed by atoms with Gasteiger partial charge in [-0.2, -0.15) is 0 Å². The Bertz CT molecular complexity index is 862. The molecular weight excluding hydrogens is 281 g/mol. The van der Waals surface area contributed by atoms with Gasteiger partial charge in [-0.25, -0.2) is 4.39 Å². The minimum absolute atomic E-state index is 0.137. The molecule has 3 aromatic rings. The fraction of sp³-hybridized carbons (Fsp3) is 0.176. The van der Waals surface area contributed by atoms with Crippen molar-refractivity contribution in [1.82, 2.24) is 9.97 Å². The van der Waals surface area contributed by atoms with Crippen molar-refractivity contribution < 1.29 is 9.50 Å². The molecule has 3 N–H and O–H groups in total. The highest BCUT2D eigenvalue weighted by molar-refractivity contribution is 5.86. The standard InChI is InChI=1S/C17H16FN3O/c1-9(2)16-15(22)5-12(8-20-16)11-3-10-4-13(19)6-14(18)17(10)21-7-11/h3-9,22H,19H2,1-2H3. The van der Waals surface area contributed by atoms with E-state index < -0.39 is 5.82 Å². The van der Waals surface area contributed by atoms with E-state index in [1.165, 1.54) is 6.07 Å². The first-order valence-electron chi connectivity index (χ1n) is 7.00. The third-order valence-electron chi connectivity index (χ3n) is 3.54. The quantitative estimate of drug-likeness (QED) is 0.705. The second-order valence-electron chi connectivity index (χ2n) is 5.58. The molecular formula is C17H16FN3O. The average molecular weight is 297 g/mol. The van der Waals surface area contributed by atoms with E-state index in [2.05, 4.69) is 9.97 Å². The van der Waals surface area contributed by atoms with Crippen LogP contribution in [0.15, 0.2) is 36.7 Å². The maximum Gasteiger partial charge on any atom is 0.151 e. The first kappa shape index (κ1) is 14.3. The smallest absolute Gasteiger partial charge is 0.151 e. The second-order valence-corrected chi connectivity index (χ2v) is 5.58. The van der Waals surface area contributed by atoms with Crippen molar-refractivity contribution in [2.24, 2.45) is 0 Å². The van der Waals surface area contributed by atoms with Gasteiger partial charge in [-0.15, -0.1) is 0 Å². The summed E-state index contributed by atoms with van der Waals surface area (Å²) < 4.78 is 13.8. The van der Waals surface area contributed by atoms with Gasteiger partial charge in [0, 0.05) is 34.6 Å². The average Bonchev–Trinajstić information content (AvgIpc) is 2.45. The van der Waals surface area contributed by atoms with Crippen molar-refractivity contribution >= 4 is 16.6 Å². The number of aromatic hydroxyl groups is 1. The van der Waals surface area contributed by atoms with E-state index in [0.717, 1.165) is 11.1 Å².